The number of hydrogen-bond donors (Lipinski definition) is 1. The smallest absolute Gasteiger partial charge is 0.238 e. The Kier molecular flexibility index (Phi) is 4.53. The van der Waals surface area contributed by atoms with Crippen molar-refractivity contribution < 1.29 is 22.2 Å². The van der Waals surface area contributed by atoms with Gasteiger partial charge in [0.05, 0.1) is 23.0 Å². The lowest BCUT2D eigenvalue weighted by Gasteiger charge is -2.26. The molecule has 2 aromatic heterocycles. The summed E-state index contributed by atoms with van der Waals surface area (Å²) in [7, 11) is -3.28. The molecule has 0 saturated heterocycles. The van der Waals surface area contributed by atoms with Gasteiger partial charge in [-0.05, 0) is 30.2 Å². The van der Waals surface area contributed by atoms with Gasteiger partial charge in [0.2, 0.25) is 17.6 Å². The fourth-order valence-corrected chi connectivity index (χ4v) is 4.71. The zero-order valence-electron chi connectivity index (χ0n) is 14.3. The molecule has 1 aliphatic rings. The topological polar surface area (TPSA) is 115 Å². The van der Waals surface area contributed by atoms with Crippen LogP contribution in [0.4, 0.5) is 0 Å². The van der Waals surface area contributed by atoms with Crippen molar-refractivity contribution >= 4 is 15.7 Å². The maximum absolute atomic E-state index is 12.3. The maximum atomic E-state index is 12.3. The first-order chi connectivity index (χ1) is 13.0. The number of nitrogens with one attached hydrogen (secondary N) is 1. The molecule has 3 heterocycles. The maximum Gasteiger partial charge on any atom is 0.238 e. The monoisotopic (exact) mass is 387 g/mol. The Morgan fingerprint density at radius 3 is 2.89 bits per heavy atom. The van der Waals surface area contributed by atoms with E-state index in [0.717, 1.165) is 0 Å². The fourth-order valence-electron chi connectivity index (χ4n) is 3.09. The number of benzene rings is 1. The highest BCUT2D eigenvalue weighted by atomic mass is 32.2. The van der Waals surface area contributed by atoms with Gasteiger partial charge in [-0.1, -0.05) is 23.4 Å². The summed E-state index contributed by atoms with van der Waals surface area (Å²) in [6.07, 6.45) is 2.31. The fraction of sp³-hybridized carbons (Fsp3) is 0.278. The van der Waals surface area contributed by atoms with E-state index in [2.05, 4.69) is 15.5 Å². The average molecular weight is 387 g/mol. The van der Waals surface area contributed by atoms with E-state index < -0.39 is 9.84 Å². The standard InChI is InChI=1S/C18H17N3O5S/c22-16(7-8-17-20-18(21-26-17)14-5-3-10-25-14)19-13-9-11-27(23,24)15-6-2-1-4-12(13)15/h1-6,10,13H,7-9,11H2,(H,19,22). The minimum absolute atomic E-state index is 0.0190. The number of amides is 1. The second-order valence-corrected chi connectivity index (χ2v) is 8.33. The molecule has 0 fully saturated rings. The molecule has 4 rings (SSSR count). The molecule has 8 nitrogen and oxygen atoms in total. The first-order valence-corrected chi connectivity index (χ1v) is 10.2. The molecule has 0 bridgehead atoms. The molecule has 1 unspecified atom stereocenters. The van der Waals surface area contributed by atoms with Crippen LogP contribution in [0, 0.1) is 0 Å². The molecule has 1 aliphatic heterocycles. The van der Waals surface area contributed by atoms with E-state index in [-0.39, 0.29) is 30.5 Å². The Labute approximate surface area is 155 Å². The van der Waals surface area contributed by atoms with E-state index in [1.54, 1.807) is 36.4 Å². The van der Waals surface area contributed by atoms with Crippen molar-refractivity contribution in [2.45, 2.75) is 30.2 Å². The summed E-state index contributed by atoms with van der Waals surface area (Å²) in [5.74, 6) is 0.983. The van der Waals surface area contributed by atoms with Gasteiger partial charge in [-0.15, -0.1) is 0 Å². The third kappa shape index (κ3) is 3.63. The van der Waals surface area contributed by atoms with Gasteiger partial charge in [0.1, 0.15) is 0 Å². The van der Waals surface area contributed by atoms with Gasteiger partial charge in [-0.2, -0.15) is 4.98 Å². The molecule has 27 heavy (non-hydrogen) atoms. The van der Waals surface area contributed by atoms with Gasteiger partial charge < -0.3 is 14.3 Å². The molecule has 0 radical (unpaired) electrons. The highest BCUT2D eigenvalue weighted by molar-refractivity contribution is 7.91. The Morgan fingerprint density at radius 2 is 2.07 bits per heavy atom. The minimum atomic E-state index is -3.28. The SMILES string of the molecule is O=C(CCc1nc(-c2ccco2)no1)NC1CCS(=O)(=O)c2ccccc21. The number of hydrogen-bond acceptors (Lipinski definition) is 7. The zero-order valence-corrected chi connectivity index (χ0v) is 15.1. The van der Waals surface area contributed by atoms with Crippen LogP contribution in [-0.2, 0) is 21.1 Å². The molecule has 140 valence electrons. The summed E-state index contributed by atoms with van der Waals surface area (Å²) in [5, 5.41) is 6.73. The summed E-state index contributed by atoms with van der Waals surface area (Å²) in [5.41, 5.74) is 0.634. The van der Waals surface area contributed by atoms with Crippen molar-refractivity contribution in [2.75, 3.05) is 5.75 Å². The Hall–Kier alpha value is -2.94. The highest BCUT2D eigenvalue weighted by Gasteiger charge is 2.30. The third-order valence-electron chi connectivity index (χ3n) is 4.42. The number of rotatable bonds is 5. The van der Waals surface area contributed by atoms with Crippen molar-refractivity contribution in [3.8, 4) is 11.6 Å². The predicted octanol–water partition coefficient (Wildman–Crippen LogP) is 2.30. The highest BCUT2D eigenvalue weighted by Crippen LogP contribution is 2.31. The lowest BCUT2D eigenvalue weighted by Crippen LogP contribution is -2.34. The molecule has 9 heteroatoms. The van der Waals surface area contributed by atoms with Crippen molar-refractivity contribution in [3.05, 3.63) is 54.1 Å². The van der Waals surface area contributed by atoms with E-state index in [1.165, 1.54) is 6.26 Å². The van der Waals surface area contributed by atoms with Gasteiger partial charge in [-0.25, -0.2) is 8.42 Å². The summed E-state index contributed by atoms with van der Waals surface area (Å²) in [6, 6.07) is 9.90. The van der Waals surface area contributed by atoms with Crippen molar-refractivity contribution in [1.29, 1.82) is 0 Å². The lowest BCUT2D eigenvalue weighted by atomic mass is 10.0. The normalized spacial score (nSPS) is 18.0. The molecular weight excluding hydrogens is 370 g/mol. The van der Waals surface area contributed by atoms with Gasteiger partial charge in [0.15, 0.2) is 15.6 Å². The van der Waals surface area contributed by atoms with Crippen molar-refractivity contribution in [1.82, 2.24) is 15.5 Å². The summed E-state index contributed by atoms with van der Waals surface area (Å²) < 4.78 is 34.7. The van der Waals surface area contributed by atoms with E-state index >= 15 is 0 Å². The van der Waals surface area contributed by atoms with Gasteiger partial charge >= 0.3 is 0 Å². The third-order valence-corrected chi connectivity index (χ3v) is 6.23. The van der Waals surface area contributed by atoms with Gasteiger partial charge in [-0.3, -0.25) is 4.79 Å². The van der Waals surface area contributed by atoms with Crippen LogP contribution in [0.5, 0.6) is 0 Å². The van der Waals surface area contributed by atoms with Gasteiger partial charge in [0.25, 0.3) is 0 Å². The van der Waals surface area contributed by atoms with E-state index in [1.807, 2.05) is 0 Å². The van der Waals surface area contributed by atoms with E-state index in [9.17, 15) is 13.2 Å². The molecule has 1 atom stereocenters. The van der Waals surface area contributed by atoms with Gasteiger partial charge in [0, 0.05) is 12.8 Å². The number of aromatic nitrogens is 2. The van der Waals surface area contributed by atoms with Crippen LogP contribution in [0.2, 0.25) is 0 Å². The molecule has 3 aromatic rings. The summed E-state index contributed by atoms with van der Waals surface area (Å²) in [4.78, 5) is 16.8. The Balaban J connectivity index is 1.39. The molecular formula is C18H17N3O5S. The lowest BCUT2D eigenvalue weighted by molar-refractivity contribution is -0.122. The number of sulfone groups is 1. The zero-order chi connectivity index (χ0) is 18.9. The Bertz CT molecular complexity index is 1060. The average Bonchev–Trinajstić information content (AvgIpc) is 3.34. The van der Waals surface area contributed by atoms with Crippen LogP contribution in [0.25, 0.3) is 11.6 Å². The van der Waals surface area contributed by atoms with Crippen LogP contribution in [0.3, 0.4) is 0 Å². The molecule has 0 saturated carbocycles. The first kappa shape index (κ1) is 17.5. The van der Waals surface area contributed by atoms with Crippen LogP contribution in [0.1, 0.15) is 30.3 Å². The predicted molar refractivity (Wildman–Crippen MR) is 94.3 cm³/mol. The van der Waals surface area contributed by atoms with E-state index in [0.29, 0.717) is 34.4 Å². The number of carbonyl (C=O) groups excluding carboxylic acids is 1. The first-order valence-electron chi connectivity index (χ1n) is 8.50. The Morgan fingerprint density at radius 1 is 1.22 bits per heavy atom. The number of fused-ring (bicyclic) bond motifs is 1. The second-order valence-electron chi connectivity index (χ2n) is 6.25. The number of carbonyl (C=O) groups is 1. The van der Waals surface area contributed by atoms with Crippen LogP contribution >= 0.6 is 0 Å². The van der Waals surface area contributed by atoms with Crippen LogP contribution < -0.4 is 5.32 Å². The van der Waals surface area contributed by atoms with Crippen molar-refractivity contribution in [3.63, 3.8) is 0 Å². The van der Waals surface area contributed by atoms with Crippen LogP contribution in [0.15, 0.2) is 56.5 Å². The molecule has 1 amide bonds. The summed E-state index contributed by atoms with van der Waals surface area (Å²) in [6.45, 7) is 0. The minimum Gasteiger partial charge on any atom is -0.461 e. The number of aryl methyl sites for hydroxylation is 1. The molecule has 1 N–H and O–H groups in total. The number of nitrogens with zero attached hydrogens (tertiary/aromatic N) is 2. The molecule has 0 spiro atoms. The molecule has 1 aromatic carbocycles. The van der Waals surface area contributed by atoms with E-state index in [4.69, 9.17) is 8.94 Å². The molecule has 0 aliphatic carbocycles. The number of furan rings is 1. The summed E-state index contributed by atoms with van der Waals surface area (Å²) >= 11 is 0. The second kappa shape index (κ2) is 6.99. The quantitative estimate of drug-likeness (QED) is 0.714. The largest absolute Gasteiger partial charge is 0.461 e. The van der Waals surface area contributed by atoms with Crippen molar-refractivity contribution in [2.24, 2.45) is 0 Å². The van der Waals surface area contributed by atoms with Crippen LogP contribution in [-0.4, -0.2) is 30.2 Å².